The van der Waals surface area contributed by atoms with E-state index in [1.807, 2.05) is 10.9 Å². The Kier molecular flexibility index (Phi) is 7.56. The zero-order valence-electron chi connectivity index (χ0n) is 19.5. The molecule has 1 saturated carbocycles. The topological polar surface area (TPSA) is 117 Å². The Morgan fingerprint density at radius 1 is 1.14 bits per heavy atom. The van der Waals surface area contributed by atoms with Crippen molar-refractivity contribution in [1.29, 1.82) is 0 Å². The van der Waals surface area contributed by atoms with Crippen LogP contribution in [0.1, 0.15) is 42.1 Å². The summed E-state index contributed by atoms with van der Waals surface area (Å²) in [5.74, 6) is 0.0298. The summed E-state index contributed by atoms with van der Waals surface area (Å²) in [4.78, 5) is 24.1. The number of piperidine rings is 1. The molecule has 1 aliphatic heterocycles. The predicted octanol–water partition coefficient (Wildman–Crippen LogP) is 4.15. The number of anilines is 3. The first-order valence-corrected chi connectivity index (χ1v) is 12.7. The number of nitrogens with zero attached hydrogens (tertiary/aromatic N) is 5. The zero-order valence-corrected chi connectivity index (χ0v) is 21.0. The number of nitrogens with one attached hydrogen (secondary N) is 2. The lowest BCUT2D eigenvalue weighted by Gasteiger charge is -2.31. The largest absolute Gasteiger partial charge is 0.474 e. The number of carbonyl (C=O) groups is 1. The number of aromatic nitrogens is 4. The van der Waals surface area contributed by atoms with E-state index in [4.69, 9.17) is 33.0 Å². The number of ether oxygens (including phenoxy) is 1. The van der Waals surface area contributed by atoms with E-state index in [1.165, 1.54) is 6.20 Å². The quantitative estimate of drug-likeness (QED) is 0.377. The van der Waals surface area contributed by atoms with Gasteiger partial charge >= 0.3 is 0 Å². The number of carbonyl (C=O) groups excluding carboxylic acids is 1. The van der Waals surface area contributed by atoms with Gasteiger partial charge in [0.05, 0.1) is 40.3 Å². The molecule has 1 aromatic carbocycles. The molecule has 0 bridgehead atoms. The fourth-order valence-corrected chi connectivity index (χ4v) is 4.59. The number of β-amino-alcohol motifs (C(OH)–C–C–N with tert-alkyl or cyclic N) is 1. The van der Waals surface area contributed by atoms with Crippen molar-refractivity contribution in [3.05, 3.63) is 52.4 Å². The molecule has 1 aliphatic carbocycles. The zero-order chi connectivity index (χ0) is 25.1. The Morgan fingerprint density at radius 2 is 1.89 bits per heavy atom. The summed E-state index contributed by atoms with van der Waals surface area (Å²) >= 11 is 12.4. The monoisotopic (exact) mass is 531 g/mol. The number of para-hydroxylation sites is 1. The Bertz CT molecular complexity index is 1210. The van der Waals surface area contributed by atoms with Gasteiger partial charge in [-0.2, -0.15) is 10.1 Å². The second-order valence-electron chi connectivity index (χ2n) is 8.91. The van der Waals surface area contributed by atoms with E-state index >= 15 is 0 Å². The average molecular weight is 532 g/mol. The molecular formula is C24H27Cl2N7O3. The lowest BCUT2D eigenvalue weighted by molar-refractivity contribution is 0.102. The molecule has 36 heavy (non-hydrogen) atoms. The highest BCUT2D eigenvalue weighted by molar-refractivity contribution is 6.40. The number of benzene rings is 1. The third-order valence-corrected chi connectivity index (χ3v) is 6.84. The number of aliphatic hydroxyl groups is 1. The molecule has 1 amide bonds. The van der Waals surface area contributed by atoms with Gasteiger partial charge in [-0.25, -0.2) is 4.98 Å². The molecule has 5 rings (SSSR count). The van der Waals surface area contributed by atoms with Crippen molar-refractivity contribution in [3.63, 3.8) is 0 Å². The summed E-state index contributed by atoms with van der Waals surface area (Å²) in [5, 5.41) is 20.2. The first-order valence-electron chi connectivity index (χ1n) is 11.9. The molecule has 0 radical (unpaired) electrons. The van der Waals surface area contributed by atoms with E-state index in [2.05, 4.69) is 30.6 Å². The summed E-state index contributed by atoms with van der Waals surface area (Å²) < 4.78 is 7.88. The van der Waals surface area contributed by atoms with Gasteiger partial charge < -0.3 is 25.4 Å². The van der Waals surface area contributed by atoms with E-state index in [0.29, 0.717) is 34.3 Å². The molecule has 10 nitrogen and oxygen atoms in total. The van der Waals surface area contributed by atoms with Crippen LogP contribution in [0.15, 0.2) is 36.8 Å². The van der Waals surface area contributed by atoms with Crippen molar-refractivity contribution in [3.8, 4) is 5.88 Å². The standard InChI is InChI=1S/C24H27Cl2N7O3/c25-19-2-1-3-20(26)21(19)30-22(35)18-13-27-24(31-23(18)36-17-4-5-17)29-15-12-28-33(14-15)16-6-8-32(9-7-16)10-11-34/h1-3,12-14,16-17,34H,4-11H2,(H,30,35)(H,27,29,31). The Morgan fingerprint density at radius 3 is 2.58 bits per heavy atom. The molecule has 1 saturated heterocycles. The lowest BCUT2D eigenvalue weighted by Crippen LogP contribution is -2.36. The number of hydrogen-bond acceptors (Lipinski definition) is 8. The fraction of sp³-hybridized carbons (Fsp3) is 0.417. The van der Waals surface area contributed by atoms with Crippen molar-refractivity contribution in [2.24, 2.45) is 0 Å². The van der Waals surface area contributed by atoms with E-state index in [1.54, 1.807) is 24.4 Å². The van der Waals surface area contributed by atoms with Crippen LogP contribution in [0.2, 0.25) is 10.0 Å². The third kappa shape index (κ3) is 5.89. The second-order valence-corrected chi connectivity index (χ2v) is 9.73. The van der Waals surface area contributed by atoms with Crippen LogP contribution in [0, 0.1) is 0 Å². The molecule has 0 spiro atoms. The molecule has 190 valence electrons. The lowest BCUT2D eigenvalue weighted by atomic mass is 10.1. The summed E-state index contributed by atoms with van der Waals surface area (Å²) in [7, 11) is 0. The molecular weight excluding hydrogens is 505 g/mol. The number of halogens is 2. The van der Waals surface area contributed by atoms with E-state index < -0.39 is 5.91 Å². The molecule has 3 N–H and O–H groups in total. The summed E-state index contributed by atoms with van der Waals surface area (Å²) in [6, 6.07) is 5.29. The normalized spacial score (nSPS) is 16.6. The molecule has 2 fully saturated rings. The number of aliphatic hydroxyl groups excluding tert-OH is 1. The fourth-order valence-electron chi connectivity index (χ4n) is 4.09. The van der Waals surface area contributed by atoms with Gasteiger partial charge in [-0.15, -0.1) is 0 Å². The van der Waals surface area contributed by atoms with Gasteiger partial charge in [0.15, 0.2) is 0 Å². The summed E-state index contributed by atoms with van der Waals surface area (Å²) in [6.07, 6.45) is 8.87. The van der Waals surface area contributed by atoms with Gasteiger partial charge in [0.2, 0.25) is 11.8 Å². The van der Waals surface area contributed by atoms with Gasteiger partial charge in [-0.3, -0.25) is 9.48 Å². The van der Waals surface area contributed by atoms with Crippen molar-refractivity contribution in [1.82, 2.24) is 24.6 Å². The van der Waals surface area contributed by atoms with Crippen LogP contribution >= 0.6 is 23.2 Å². The summed E-state index contributed by atoms with van der Waals surface area (Å²) in [5.41, 5.74) is 1.25. The number of likely N-dealkylation sites (tertiary alicyclic amines) is 1. The van der Waals surface area contributed by atoms with Crippen molar-refractivity contribution < 1.29 is 14.6 Å². The number of hydrogen-bond donors (Lipinski definition) is 3. The van der Waals surface area contributed by atoms with E-state index in [0.717, 1.165) is 44.5 Å². The maximum Gasteiger partial charge on any atom is 0.262 e. The number of amides is 1. The smallest absolute Gasteiger partial charge is 0.262 e. The Labute approximate surface area is 218 Å². The van der Waals surface area contributed by atoms with Crippen LogP contribution in [0.5, 0.6) is 5.88 Å². The van der Waals surface area contributed by atoms with Crippen LogP contribution in [0.25, 0.3) is 0 Å². The first kappa shape index (κ1) is 24.8. The van der Waals surface area contributed by atoms with Gasteiger partial charge in [-0.05, 0) is 37.8 Å². The maximum atomic E-state index is 13.0. The highest BCUT2D eigenvalue weighted by atomic mass is 35.5. The molecule has 0 atom stereocenters. The predicted molar refractivity (Wildman–Crippen MR) is 137 cm³/mol. The van der Waals surface area contributed by atoms with E-state index in [-0.39, 0.29) is 24.2 Å². The Balaban J connectivity index is 1.29. The maximum absolute atomic E-state index is 13.0. The van der Waals surface area contributed by atoms with Crippen LogP contribution in [0.4, 0.5) is 17.3 Å². The van der Waals surface area contributed by atoms with Crippen LogP contribution in [0.3, 0.4) is 0 Å². The molecule has 0 unspecified atom stereocenters. The second kappa shape index (κ2) is 11.0. The van der Waals surface area contributed by atoms with Crippen LogP contribution < -0.4 is 15.4 Å². The summed E-state index contributed by atoms with van der Waals surface area (Å²) in [6.45, 7) is 2.76. The highest BCUT2D eigenvalue weighted by Gasteiger charge is 2.28. The molecule has 3 aromatic rings. The highest BCUT2D eigenvalue weighted by Crippen LogP contribution is 2.33. The van der Waals surface area contributed by atoms with Gasteiger partial charge in [0, 0.05) is 32.0 Å². The van der Waals surface area contributed by atoms with Crippen LogP contribution in [-0.2, 0) is 0 Å². The first-order chi connectivity index (χ1) is 17.5. The van der Waals surface area contributed by atoms with E-state index in [9.17, 15) is 4.79 Å². The SMILES string of the molecule is O=C(Nc1c(Cl)cccc1Cl)c1cnc(Nc2cnn(C3CCN(CCO)CC3)c2)nc1OC1CC1. The molecule has 12 heteroatoms. The minimum absolute atomic E-state index is 0.0302. The molecule has 2 aliphatic rings. The van der Waals surface area contributed by atoms with Crippen molar-refractivity contribution >= 4 is 46.4 Å². The molecule has 2 aromatic heterocycles. The average Bonchev–Trinajstić information content (AvgIpc) is 3.57. The van der Waals surface area contributed by atoms with Crippen LogP contribution in [-0.4, -0.2) is 68.0 Å². The van der Waals surface area contributed by atoms with Crippen molar-refractivity contribution in [2.75, 3.05) is 36.9 Å². The Hall–Kier alpha value is -2.92. The van der Waals surface area contributed by atoms with Gasteiger partial charge in [0.1, 0.15) is 11.7 Å². The van der Waals surface area contributed by atoms with Gasteiger partial charge in [-0.1, -0.05) is 29.3 Å². The minimum Gasteiger partial charge on any atom is -0.474 e. The third-order valence-electron chi connectivity index (χ3n) is 6.21. The minimum atomic E-state index is -0.465. The number of rotatable bonds is 9. The molecule has 3 heterocycles. The van der Waals surface area contributed by atoms with Crippen molar-refractivity contribution in [2.45, 2.75) is 37.8 Å². The van der Waals surface area contributed by atoms with Gasteiger partial charge in [0.25, 0.3) is 5.91 Å².